The molecule has 1 amide bonds. The van der Waals surface area contributed by atoms with E-state index in [1.807, 2.05) is 63.2 Å². The van der Waals surface area contributed by atoms with Gasteiger partial charge in [0.25, 0.3) is 0 Å². The summed E-state index contributed by atoms with van der Waals surface area (Å²) >= 11 is 0. The van der Waals surface area contributed by atoms with Gasteiger partial charge in [-0.15, -0.1) is 0 Å². The van der Waals surface area contributed by atoms with Crippen LogP contribution < -0.4 is 4.74 Å². The quantitative estimate of drug-likeness (QED) is 0.325. The Bertz CT molecular complexity index is 1240. The summed E-state index contributed by atoms with van der Waals surface area (Å²) in [6.45, 7) is 12.5. The average Bonchev–Trinajstić information content (AvgIpc) is 3.22. The highest BCUT2D eigenvalue weighted by molar-refractivity contribution is 5.79. The summed E-state index contributed by atoms with van der Waals surface area (Å²) in [4.78, 5) is 33.4. The van der Waals surface area contributed by atoms with Crippen molar-refractivity contribution in [2.75, 3.05) is 27.2 Å². The number of aromatic nitrogens is 1. The third-order valence-electron chi connectivity index (χ3n) is 6.19. The summed E-state index contributed by atoms with van der Waals surface area (Å²) in [7, 11) is 3.50. The number of rotatable bonds is 11. The first-order valence-electron chi connectivity index (χ1n) is 12.8. The van der Waals surface area contributed by atoms with Gasteiger partial charge >= 0.3 is 5.97 Å². The van der Waals surface area contributed by atoms with Crippen LogP contribution in [0.3, 0.4) is 0 Å². The predicted molar refractivity (Wildman–Crippen MR) is 147 cm³/mol. The number of benzene rings is 2. The molecule has 0 N–H and O–H groups in total. The highest BCUT2D eigenvalue weighted by Gasteiger charge is 2.32. The van der Waals surface area contributed by atoms with Crippen LogP contribution in [0.2, 0.25) is 0 Å². The van der Waals surface area contributed by atoms with Gasteiger partial charge in [0.2, 0.25) is 11.8 Å². The predicted octanol–water partition coefficient (Wildman–Crippen LogP) is 5.08. The van der Waals surface area contributed by atoms with Crippen LogP contribution >= 0.6 is 0 Å². The van der Waals surface area contributed by atoms with Crippen LogP contribution in [0.1, 0.15) is 48.9 Å². The minimum absolute atomic E-state index is 0.000913. The molecule has 0 bridgehead atoms. The van der Waals surface area contributed by atoms with Crippen molar-refractivity contribution in [1.29, 1.82) is 0 Å². The topological polar surface area (TPSA) is 85.1 Å². The molecule has 38 heavy (non-hydrogen) atoms. The lowest BCUT2D eigenvalue weighted by molar-refractivity contribution is -0.158. The number of oxazole rings is 1. The Kier molecular flexibility index (Phi) is 9.33. The fraction of sp³-hybridized carbons (Fsp3) is 0.433. The zero-order valence-corrected chi connectivity index (χ0v) is 23.8. The van der Waals surface area contributed by atoms with E-state index < -0.39 is 11.6 Å². The van der Waals surface area contributed by atoms with E-state index in [0.717, 1.165) is 33.7 Å². The minimum Gasteiger partial charge on any atom is -0.476 e. The van der Waals surface area contributed by atoms with Crippen molar-refractivity contribution in [2.45, 2.75) is 60.2 Å². The van der Waals surface area contributed by atoms with Crippen molar-refractivity contribution < 1.29 is 23.5 Å². The number of hydrogen-bond acceptors (Lipinski definition) is 7. The molecule has 8 heteroatoms. The molecular formula is C30H39N3O5. The van der Waals surface area contributed by atoms with Gasteiger partial charge in [-0.2, -0.15) is 0 Å². The number of esters is 1. The first-order chi connectivity index (χ1) is 17.9. The number of aryl methyl sites for hydroxylation is 3. The second-order valence-corrected chi connectivity index (χ2v) is 10.2. The molecule has 1 aromatic heterocycles. The van der Waals surface area contributed by atoms with Gasteiger partial charge in [-0.1, -0.05) is 30.3 Å². The van der Waals surface area contributed by atoms with Crippen molar-refractivity contribution in [2.24, 2.45) is 0 Å². The average molecular weight is 522 g/mol. The zero-order chi connectivity index (χ0) is 28.0. The van der Waals surface area contributed by atoms with Crippen LogP contribution in [0.25, 0.3) is 11.5 Å². The molecule has 0 spiro atoms. The molecule has 0 saturated carbocycles. The molecule has 0 atom stereocenters. The Morgan fingerprint density at radius 1 is 1.00 bits per heavy atom. The van der Waals surface area contributed by atoms with Crippen molar-refractivity contribution in [3.05, 3.63) is 70.6 Å². The minimum atomic E-state index is -1.11. The molecular weight excluding hydrogens is 482 g/mol. The highest BCUT2D eigenvalue weighted by atomic mass is 16.6. The number of likely N-dealkylation sites (N-methyl/N-ethyl adjacent to an activating group) is 1. The number of amides is 1. The van der Waals surface area contributed by atoms with E-state index in [9.17, 15) is 9.59 Å². The molecule has 0 aliphatic heterocycles. The summed E-state index contributed by atoms with van der Waals surface area (Å²) in [5.74, 6) is 1.54. The van der Waals surface area contributed by atoms with Crippen molar-refractivity contribution in [3.8, 4) is 17.2 Å². The smallest absolute Gasteiger partial charge is 0.349 e. The highest BCUT2D eigenvalue weighted by Crippen LogP contribution is 2.30. The normalized spacial score (nSPS) is 11.5. The van der Waals surface area contributed by atoms with E-state index in [1.54, 1.807) is 39.8 Å². The SMILES string of the molecule is CCOC(=O)C(C)(C)Oc1c(C)cc(CN(CC(=O)N(C)C)Cc2nc(-c3ccccc3)oc2C)cc1C. The molecule has 0 aliphatic rings. The van der Waals surface area contributed by atoms with Gasteiger partial charge in [-0.05, 0) is 70.4 Å². The van der Waals surface area contributed by atoms with Crippen molar-refractivity contribution in [1.82, 2.24) is 14.8 Å². The van der Waals surface area contributed by atoms with E-state index in [1.165, 1.54) is 0 Å². The fourth-order valence-electron chi connectivity index (χ4n) is 4.14. The Morgan fingerprint density at radius 2 is 1.63 bits per heavy atom. The molecule has 204 valence electrons. The Hall–Kier alpha value is -3.65. The molecule has 0 radical (unpaired) electrons. The molecule has 3 rings (SSSR count). The monoisotopic (exact) mass is 521 g/mol. The summed E-state index contributed by atoms with van der Waals surface area (Å²) in [6, 6.07) is 13.8. The lowest BCUT2D eigenvalue weighted by atomic mass is 10.0. The zero-order valence-electron chi connectivity index (χ0n) is 23.8. The molecule has 0 aliphatic carbocycles. The molecule has 2 aromatic carbocycles. The molecule has 3 aromatic rings. The summed E-state index contributed by atoms with van der Waals surface area (Å²) in [5.41, 5.74) is 3.42. The standard InChI is InChI=1S/C30H39N3O5/c1-9-36-29(35)30(5,6)38-27-20(2)15-23(16-21(27)3)17-33(19-26(34)32(7)8)18-25-22(4)37-28(31-25)24-13-11-10-12-14-24/h10-16H,9,17-19H2,1-8H3. The third-order valence-corrected chi connectivity index (χ3v) is 6.19. The lowest BCUT2D eigenvalue weighted by Gasteiger charge is -2.27. The van der Waals surface area contributed by atoms with Gasteiger partial charge in [0.1, 0.15) is 11.5 Å². The van der Waals surface area contributed by atoms with Gasteiger partial charge in [0, 0.05) is 32.7 Å². The van der Waals surface area contributed by atoms with Gasteiger partial charge in [-0.3, -0.25) is 9.69 Å². The maximum atomic E-state index is 12.7. The maximum Gasteiger partial charge on any atom is 0.349 e. The second kappa shape index (κ2) is 12.3. The number of carbonyl (C=O) groups excluding carboxylic acids is 2. The third kappa shape index (κ3) is 7.22. The molecule has 8 nitrogen and oxygen atoms in total. The van der Waals surface area contributed by atoms with Gasteiger partial charge in [0.05, 0.1) is 18.8 Å². The van der Waals surface area contributed by atoms with E-state index in [0.29, 0.717) is 31.3 Å². The first-order valence-corrected chi connectivity index (χ1v) is 12.8. The molecule has 0 fully saturated rings. The second-order valence-electron chi connectivity index (χ2n) is 10.2. The number of hydrogen-bond donors (Lipinski definition) is 0. The molecule has 0 unspecified atom stereocenters. The van der Waals surface area contributed by atoms with Crippen LogP contribution in [0, 0.1) is 20.8 Å². The number of nitrogens with zero attached hydrogens (tertiary/aromatic N) is 3. The van der Waals surface area contributed by atoms with Gasteiger partial charge < -0.3 is 18.8 Å². The Balaban J connectivity index is 1.85. The van der Waals surface area contributed by atoms with E-state index in [2.05, 4.69) is 4.90 Å². The fourth-order valence-corrected chi connectivity index (χ4v) is 4.14. The van der Waals surface area contributed by atoms with Crippen LogP contribution in [0.5, 0.6) is 5.75 Å². The van der Waals surface area contributed by atoms with E-state index in [4.69, 9.17) is 18.9 Å². The largest absolute Gasteiger partial charge is 0.476 e. The number of ether oxygens (including phenoxy) is 2. The first kappa shape index (κ1) is 28.9. The van der Waals surface area contributed by atoms with Crippen molar-refractivity contribution >= 4 is 11.9 Å². The number of carbonyl (C=O) groups is 2. The summed E-state index contributed by atoms with van der Waals surface area (Å²) in [6.07, 6.45) is 0. The summed E-state index contributed by atoms with van der Waals surface area (Å²) in [5, 5.41) is 0. The van der Waals surface area contributed by atoms with Crippen LogP contribution in [-0.4, -0.2) is 59.5 Å². The molecule has 0 saturated heterocycles. The Morgan fingerprint density at radius 3 is 2.21 bits per heavy atom. The maximum absolute atomic E-state index is 12.7. The van der Waals surface area contributed by atoms with Gasteiger partial charge in [-0.25, -0.2) is 9.78 Å². The van der Waals surface area contributed by atoms with E-state index in [-0.39, 0.29) is 12.5 Å². The van der Waals surface area contributed by atoms with Gasteiger partial charge in [0.15, 0.2) is 5.60 Å². The van der Waals surface area contributed by atoms with Crippen LogP contribution in [0.4, 0.5) is 0 Å². The Labute approximate surface area is 225 Å². The van der Waals surface area contributed by atoms with E-state index >= 15 is 0 Å². The van der Waals surface area contributed by atoms with Crippen LogP contribution in [0.15, 0.2) is 46.9 Å². The van der Waals surface area contributed by atoms with Crippen LogP contribution in [-0.2, 0) is 27.4 Å². The molecule has 1 heterocycles. The summed E-state index contributed by atoms with van der Waals surface area (Å²) < 4.78 is 17.2. The lowest BCUT2D eigenvalue weighted by Crippen LogP contribution is -2.40. The van der Waals surface area contributed by atoms with Crippen molar-refractivity contribution in [3.63, 3.8) is 0 Å².